The normalized spacial score (nSPS) is 20.8. The smallest absolute Gasteiger partial charge is 0.287 e. The van der Waals surface area contributed by atoms with Crippen molar-refractivity contribution in [3.63, 3.8) is 0 Å². The number of anilines is 1. The van der Waals surface area contributed by atoms with E-state index in [9.17, 15) is 4.79 Å². The maximum Gasteiger partial charge on any atom is 0.287 e. The van der Waals surface area contributed by atoms with E-state index in [0.717, 1.165) is 25.9 Å². The van der Waals surface area contributed by atoms with Crippen molar-refractivity contribution in [2.45, 2.75) is 38.8 Å². The molecular weight excluding hydrogens is 264 g/mol. The van der Waals surface area contributed by atoms with Gasteiger partial charge >= 0.3 is 0 Å². The Morgan fingerprint density at radius 3 is 2.95 bits per heavy atom. The lowest BCUT2D eigenvalue weighted by atomic mass is 10.0. The summed E-state index contributed by atoms with van der Waals surface area (Å²) in [5, 5.41) is 7.58. The fourth-order valence-electron chi connectivity index (χ4n) is 2.42. The standard InChI is InChI=1S/C13H21ClN4O/c1-9(2)18-6-4-5-10(8-18)16-11-7-15-17(3)13(19)12(11)14/h7,9-10,16H,4-6,8H2,1-3H3. The van der Waals surface area contributed by atoms with E-state index in [0.29, 0.717) is 17.8 Å². The monoisotopic (exact) mass is 284 g/mol. The van der Waals surface area contributed by atoms with Gasteiger partial charge in [-0.25, -0.2) is 4.68 Å². The number of aryl methyl sites for hydroxylation is 1. The highest BCUT2D eigenvalue weighted by molar-refractivity contribution is 6.32. The Bertz CT molecular complexity index is 500. The molecule has 1 saturated heterocycles. The fraction of sp³-hybridized carbons (Fsp3) is 0.692. The maximum absolute atomic E-state index is 11.7. The van der Waals surface area contributed by atoms with Crippen LogP contribution in [0, 0.1) is 0 Å². The predicted molar refractivity (Wildman–Crippen MR) is 77.8 cm³/mol. The van der Waals surface area contributed by atoms with Crippen LogP contribution >= 0.6 is 11.6 Å². The lowest BCUT2D eigenvalue weighted by Gasteiger charge is -2.36. The van der Waals surface area contributed by atoms with E-state index >= 15 is 0 Å². The van der Waals surface area contributed by atoms with E-state index < -0.39 is 0 Å². The Hall–Kier alpha value is -1.07. The van der Waals surface area contributed by atoms with Gasteiger partial charge in [0.15, 0.2) is 0 Å². The molecule has 1 aromatic rings. The molecule has 1 unspecified atom stereocenters. The van der Waals surface area contributed by atoms with Gasteiger partial charge in [-0.3, -0.25) is 9.69 Å². The first-order valence-electron chi connectivity index (χ1n) is 6.71. The molecule has 6 heteroatoms. The van der Waals surface area contributed by atoms with Crippen LogP contribution in [0.3, 0.4) is 0 Å². The molecule has 0 amide bonds. The van der Waals surface area contributed by atoms with Crippen molar-refractivity contribution in [3.8, 4) is 0 Å². The molecule has 2 rings (SSSR count). The maximum atomic E-state index is 11.7. The number of piperidine rings is 1. The Morgan fingerprint density at radius 1 is 1.53 bits per heavy atom. The van der Waals surface area contributed by atoms with E-state index in [2.05, 4.69) is 29.2 Å². The van der Waals surface area contributed by atoms with Crippen molar-refractivity contribution in [2.75, 3.05) is 18.4 Å². The highest BCUT2D eigenvalue weighted by atomic mass is 35.5. The molecule has 19 heavy (non-hydrogen) atoms. The van der Waals surface area contributed by atoms with Crippen LogP contribution < -0.4 is 10.9 Å². The number of aromatic nitrogens is 2. The summed E-state index contributed by atoms with van der Waals surface area (Å²) in [5.41, 5.74) is 0.378. The molecule has 1 fully saturated rings. The highest BCUT2D eigenvalue weighted by Crippen LogP contribution is 2.20. The highest BCUT2D eigenvalue weighted by Gasteiger charge is 2.22. The van der Waals surface area contributed by atoms with Crippen LogP contribution in [-0.4, -0.2) is 39.9 Å². The van der Waals surface area contributed by atoms with Gasteiger partial charge in [-0.15, -0.1) is 0 Å². The minimum Gasteiger partial charge on any atom is -0.378 e. The molecule has 0 radical (unpaired) electrons. The number of rotatable bonds is 3. The zero-order chi connectivity index (χ0) is 14.0. The van der Waals surface area contributed by atoms with E-state index in [-0.39, 0.29) is 10.6 Å². The fourth-order valence-corrected chi connectivity index (χ4v) is 2.65. The van der Waals surface area contributed by atoms with Gasteiger partial charge in [-0.2, -0.15) is 5.10 Å². The number of hydrogen-bond acceptors (Lipinski definition) is 4. The van der Waals surface area contributed by atoms with Crippen LogP contribution in [0.1, 0.15) is 26.7 Å². The summed E-state index contributed by atoms with van der Waals surface area (Å²) in [6.45, 7) is 6.52. The van der Waals surface area contributed by atoms with Crippen molar-refractivity contribution in [1.29, 1.82) is 0 Å². The van der Waals surface area contributed by atoms with Gasteiger partial charge in [0.1, 0.15) is 5.02 Å². The summed E-state index contributed by atoms with van der Waals surface area (Å²) in [5.74, 6) is 0. The van der Waals surface area contributed by atoms with Crippen molar-refractivity contribution < 1.29 is 0 Å². The lowest BCUT2D eigenvalue weighted by Crippen LogP contribution is -2.45. The largest absolute Gasteiger partial charge is 0.378 e. The predicted octanol–water partition coefficient (Wildman–Crippen LogP) is 1.72. The second kappa shape index (κ2) is 5.92. The van der Waals surface area contributed by atoms with Crippen LogP contribution in [0.25, 0.3) is 0 Å². The van der Waals surface area contributed by atoms with Crippen LogP contribution in [0.15, 0.2) is 11.0 Å². The first-order valence-corrected chi connectivity index (χ1v) is 7.09. The Balaban J connectivity index is 2.09. The molecule has 0 aromatic carbocycles. The van der Waals surface area contributed by atoms with Gasteiger partial charge in [0.05, 0.1) is 11.9 Å². The second-order valence-electron chi connectivity index (χ2n) is 5.37. The van der Waals surface area contributed by atoms with Crippen molar-refractivity contribution >= 4 is 17.3 Å². The molecule has 1 aliphatic heterocycles. The zero-order valence-corrected chi connectivity index (χ0v) is 12.4. The molecule has 0 saturated carbocycles. The van der Waals surface area contributed by atoms with Crippen molar-refractivity contribution in [3.05, 3.63) is 21.6 Å². The third-order valence-corrected chi connectivity index (χ3v) is 3.99. The second-order valence-corrected chi connectivity index (χ2v) is 5.75. The van der Waals surface area contributed by atoms with Crippen LogP contribution in [-0.2, 0) is 7.05 Å². The first kappa shape index (κ1) is 14.3. The minimum atomic E-state index is -0.261. The van der Waals surface area contributed by atoms with Gasteiger partial charge in [0.2, 0.25) is 0 Å². The van der Waals surface area contributed by atoms with Crippen LogP contribution in [0.5, 0.6) is 0 Å². The van der Waals surface area contributed by atoms with Crippen LogP contribution in [0.2, 0.25) is 5.02 Å². The molecule has 1 N–H and O–H groups in total. The number of halogens is 1. The average Bonchev–Trinajstić information content (AvgIpc) is 2.40. The van der Waals surface area contributed by atoms with E-state index in [1.807, 2.05) is 0 Å². The summed E-state index contributed by atoms with van der Waals surface area (Å²) in [6, 6.07) is 0.865. The summed E-state index contributed by atoms with van der Waals surface area (Å²) in [4.78, 5) is 14.2. The van der Waals surface area contributed by atoms with Gasteiger partial charge in [0.25, 0.3) is 5.56 Å². The molecular formula is C13H21ClN4O. The SMILES string of the molecule is CC(C)N1CCCC(Nc2cnn(C)c(=O)c2Cl)C1. The molecule has 1 atom stereocenters. The Labute approximate surface area is 118 Å². The van der Waals surface area contributed by atoms with Crippen LogP contribution in [0.4, 0.5) is 5.69 Å². The third-order valence-electron chi connectivity index (χ3n) is 3.62. The summed E-state index contributed by atoms with van der Waals surface area (Å²) in [7, 11) is 1.60. The van der Waals surface area contributed by atoms with E-state index in [1.165, 1.54) is 4.68 Å². The Kier molecular flexibility index (Phi) is 4.47. The van der Waals surface area contributed by atoms with Gasteiger partial charge in [0, 0.05) is 25.7 Å². The van der Waals surface area contributed by atoms with Crippen molar-refractivity contribution in [1.82, 2.24) is 14.7 Å². The molecule has 1 aromatic heterocycles. The number of likely N-dealkylation sites (tertiary alicyclic amines) is 1. The first-order chi connectivity index (χ1) is 8.99. The molecule has 0 bridgehead atoms. The zero-order valence-electron chi connectivity index (χ0n) is 11.7. The molecule has 0 spiro atoms. The van der Waals surface area contributed by atoms with Gasteiger partial charge < -0.3 is 5.32 Å². The number of nitrogens with one attached hydrogen (secondary N) is 1. The number of hydrogen-bond donors (Lipinski definition) is 1. The van der Waals surface area contributed by atoms with E-state index in [4.69, 9.17) is 11.6 Å². The Morgan fingerprint density at radius 2 is 2.26 bits per heavy atom. The van der Waals surface area contributed by atoms with Gasteiger partial charge in [-0.1, -0.05) is 11.6 Å². The quantitative estimate of drug-likeness (QED) is 0.918. The molecule has 1 aliphatic rings. The summed E-state index contributed by atoms with van der Waals surface area (Å²) in [6.07, 6.45) is 3.87. The average molecular weight is 285 g/mol. The molecule has 2 heterocycles. The number of nitrogens with zero attached hydrogens (tertiary/aromatic N) is 3. The molecule has 106 valence electrons. The lowest BCUT2D eigenvalue weighted by molar-refractivity contribution is 0.175. The third kappa shape index (κ3) is 3.28. The molecule has 5 nitrogen and oxygen atoms in total. The minimum absolute atomic E-state index is 0.221. The topological polar surface area (TPSA) is 50.2 Å². The van der Waals surface area contributed by atoms with Crippen molar-refractivity contribution in [2.24, 2.45) is 7.05 Å². The summed E-state index contributed by atoms with van der Waals surface area (Å²) < 4.78 is 1.24. The molecule has 0 aliphatic carbocycles. The van der Waals surface area contributed by atoms with E-state index in [1.54, 1.807) is 13.2 Å². The summed E-state index contributed by atoms with van der Waals surface area (Å²) >= 11 is 6.07. The van der Waals surface area contributed by atoms with Gasteiger partial charge in [-0.05, 0) is 33.2 Å².